The Morgan fingerprint density at radius 1 is 1.00 bits per heavy atom. The summed E-state index contributed by atoms with van der Waals surface area (Å²) in [4.78, 5) is 48.5. The van der Waals surface area contributed by atoms with E-state index in [-0.39, 0.29) is 0 Å². The average Bonchev–Trinajstić information content (AvgIpc) is 2.99. The summed E-state index contributed by atoms with van der Waals surface area (Å²) in [6, 6.07) is 19.7. The molecule has 3 N–H and O–H groups in total. The Kier molecular flexibility index (Phi) is 4.73. The molecule has 1 fully saturated rings. The second-order valence-corrected chi connectivity index (χ2v) is 9.59. The van der Waals surface area contributed by atoms with Crippen LogP contribution in [0.3, 0.4) is 0 Å². The third-order valence-electron chi connectivity index (χ3n) is 6.97. The van der Waals surface area contributed by atoms with Crippen LogP contribution in [0, 0.1) is 0 Å². The van der Waals surface area contributed by atoms with Crippen LogP contribution < -0.4 is 20.5 Å². The molecule has 36 heavy (non-hydrogen) atoms. The van der Waals surface area contributed by atoms with Gasteiger partial charge >= 0.3 is 23.6 Å². The molecule has 4 amide bonds. The fourth-order valence-electron chi connectivity index (χ4n) is 5.19. The molecule has 3 atom stereocenters. The summed E-state index contributed by atoms with van der Waals surface area (Å²) < 4.78 is -0.758. The van der Waals surface area contributed by atoms with Gasteiger partial charge in [-0.2, -0.15) is 4.48 Å². The molecular formula is C26H22ClN6O3+. The molecule has 6 rings (SSSR count). The van der Waals surface area contributed by atoms with Crippen molar-refractivity contribution >= 4 is 52.2 Å². The minimum Gasteiger partial charge on any atom is -0.276 e. The van der Waals surface area contributed by atoms with E-state index in [0.29, 0.717) is 38.9 Å². The van der Waals surface area contributed by atoms with E-state index in [4.69, 9.17) is 22.3 Å². The largest absolute Gasteiger partial charge is 0.391 e. The van der Waals surface area contributed by atoms with Gasteiger partial charge in [0.25, 0.3) is 0 Å². The molecule has 0 aromatic heterocycles. The SMILES string of the molecule is C[C@@H]1NN2C(=O)N(c3ccc(Cl)cc3)c3cccc4c3C(c3ccccc3)=N[C@]2(N)C(=O)[N+]4(C)C1=O. The smallest absolute Gasteiger partial charge is 0.276 e. The molecule has 3 heterocycles. The highest BCUT2D eigenvalue weighted by atomic mass is 35.5. The van der Waals surface area contributed by atoms with Gasteiger partial charge in [0.1, 0.15) is 6.04 Å². The molecule has 9 nitrogen and oxygen atoms in total. The zero-order valence-electron chi connectivity index (χ0n) is 19.5. The van der Waals surface area contributed by atoms with Crippen LogP contribution in [-0.2, 0) is 9.59 Å². The first-order valence-corrected chi connectivity index (χ1v) is 11.8. The van der Waals surface area contributed by atoms with Gasteiger partial charge in [0.15, 0.2) is 5.69 Å². The molecule has 3 aromatic carbocycles. The lowest BCUT2D eigenvalue weighted by molar-refractivity contribution is -0.146. The van der Waals surface area contributed by atoms with Crippen molar-refractivity contribution < 1.29 is 14.4 Å². The van der Waals surface area contributed by atoms with Crippen LogP contribution in [0.5, 0.6) is 0 Å². The molecule has 1 saturated heterocycles. The summed E-state index contributed by atoms with van der Waals surface area (Å²) in [5.41, 5.74) is 12.6. The van der Waals surface area contributed by atoms with Crippen LogP contribution >= 0.6 is 11.6 Å². The number of halogens is 1. The van der Waals surface area contributed by atoms with Crippen molar-refractivity contribution in [2.45, 2.75) is 18.8 Å². The van der Waals surface area contributed by atoms with Crippen molar-refractivity contribution in [3.05, 3.63) is 88.9 Å². The van der Waals surface area contributed by atoms with Gasteiger partial charge in [-0.25, -0.2) is 29.8 Å². The maximum atomic E-state index is 14.3. The quantitative estimate of drug-likeness (QED) is 0.414. The minimum absolute atomic E-state index is 0.390. The zero-order valence-corrected chi connectivity index (χ0v) is 20.2. The number of likely N-dealkylation sites (N-methyl/N-ethyl adjacent to an activating group) is 1. The number of nitrogens with zero attached hydrogens (tertiary/aromatic N) is 4. The number of urea groups is 1. The Balaban J connectivity index is 1.81. The highest BCUT2D eigenvalue weighted by Gasteiger charge is 2.66. The highest BCUT2D eigenvalue weighted by molar-refractivity contribution is 6.31. The number of hydrazine groups is 1. The minimum atomic E-state index is -2.22. The number of fused-ring (bicyclic) bond motifs is 2. The Hall–Kier alpha value is -3.89. The van der Waals surface area contributed by atoms with Crippen molar-refractivity contribution in [2.75, 3.05) is 11.9 Å². The van der Waals surface area contributed by atoms with Gasteiger partial charge < -0.3 is 0 Å². The third-order valence-corrected chi connectivity index (χ3v) is 7.22. The van der Waals surface area contributed by atoms with Gasteiger partial charge in [-0.3, -0.25) is 10.6 Å². The van der Waals surface area contributed by atoms with Crippen LogP contribution in [0.25, 0.3) is 0 Å². The standard InChI is InChI=1S/C26H22ClN6O3/c1-15-23(34)33(2)20-10-6-9-19-21(20)22(16-7-4-3-5-8-16)29-26(28,24(33)35)32(30-15)25(36)31(19)18-13-11-17(27)12-14-18/h3-15,30H,28H2,1-2H3/q+1/t15-,26+,33?/m0/s1. The van der Waals surface area contributed by atoms with E-state index in [1.165, 1.54) is 11.9 Å². The molecule has 180 valence electrons. The molecule has 0 aliphatic carbocycles. The van der Waals surface area contributed by atoms with Gasteiger partial charge in [0.2, 0.25) is 0 Å². The first kappa shape index (κ1) is 22.6. The molecule has 3 bridgehead atoms. The van der Waals surface area contributed by atoms with Gasteiger partial charge in [-0.05, 0) is 37.3 Å². The van der Waals surface area contributed by atoms with Crippen LogP contribution in [0.1, 0.15) is 18.1 Å². The van der Waals surface area contributed by atoms with E-state index >= 15 is 0 Å². The lowest BCUT2D eigenvalue weighted by Gasteiger charge is -2.38. The van der Waals surface area contributed by atoms with Gasteiger partial charge in [0.05, 0.1) is 29.7 Å². The molecule has 0 saturated carbocycles. The van der Waals surface area contributed by atoms with Crippen molar-refractivity contribution in [3.63, 3.8) is 0 Å². The van der Waals surface area contributed by atoms with E-state index in [1.807, 2.05) is 30.3 Å². The number of nitrogens with two attached hydrogens (primary N) is 1. The summed E-state index contributed by atoms with van der Waals surface area (Å²) in [6.07, 6.45) is 0. The van der Waals surface area contributed by atoms with E-state index < -0.39 is 34.2 Å². The number of anilines is 2. The molecular weight excluding hydrogens is 480 g/mol. The number of rotatable bonds is 2. The number of nitrogens with one attached hydrogen (secondary N) is 1. The Morgan fingerprint density at radius 2 is 1.69 bits per heavy atom. The van der Waals surface area contributed by atoms with Crippen molar-refractivity contribution in [1.29, 1.82) is 0 Å². The summed E-state index contributed by atoms with van der Waals surface area (Å²) in [6.45, 7) is 1.60. The fraction of sp³-hybridized carbons (Fsp3) is 0.154. The molecule has 0 spiro atoms. The van der Waals surface area contributed by atoms with Crippen molar-refractivity contribution in [1.82, 2.24) is 14.9 Å². The predicted octanol–water partition coefficient (Wildman–Crippen LogP) is 3.27. The fourth-order valence-corrected chi connectivity index (χ4v) is 5.32. The first-order valence-electron chi connectivity index (χ1n) is 11.4. The maximum absolute atomic E-state index is 14.3. The molecule has 1 unspecified atom stereocenters. The second kappa shape index (κ2) is 7.55. The van der Waals surface area contributed by atoms with E-state index in [1.54, 1.807) is 49.4 Å². The molecule has 3 aromatic rings. The second-order valence-electron chi connectivity index (χ2n) is 9.15. The van der Waals surface area contributed by atoms with Crippen molar-refractivity contribution in [3.8, 4) is 0 Å². The monoisotopic (exact) mass is 501 g/mol. The molecule has 3 aliphatic heterocycles. The van der Waals surface area contributed by atoms with Crippen molar-refractivity contribution in [2.24, 2.45) is 10.7 Å². The predicted molar refractivity (Wildman–Crippen MR) is 137 cm³/mol. The number of hydrogen-bond donors (Lipinski definition) is 2. The number of amides is 4. The Labute approximate surface area is 211 Å². The summed E-state index contributed by atoms with van der Waals surface area (Å²) in [5, 5.41) is 1.49. The lowest BCUT2D eigenvalue weighted by Crippen LogP contribution is -2.72. The lowest BCUT2D eigenvalue weighted by atomic mass is 9.96. The maximum Gasteiger partial charge on any atom is 0.391 e. The van der Waals surface area contributed by atoms with E-state index in [9.17, 15) is 14.4 Å². The summed E-state index contributed by atoms with van der Waals surface area (Å²) in [7, 11) is 1.52. The average molecular weight is 502 g/mol. The summed E-state index contributed by atoms with van der Waals surface area (Å²) >= 11 is 6.14. The summed E-state index contributed by atoms with van der Waals surface area (Å²) in [5.74, 6) is -3.41. The van der Waals surface area contributed by atoms with Crippen LogP contribution in [0.2, 0.25) is 5.02 Å². The van der Waals surface area contributed by atoms with Gasteiger partial charge in [0, 0.05) is 16.7 Å². The number of carbonyl (C=O) groups is 3. The number of carbonyl (C=O) groups excluding carboxylic acids is 3. The highest BCUT2D eigenvalue weighted by Crippen LogP contribution is 2.46. The Morgan fingerprint density at radius 3 is 2.39 bits per heavy atom. The topological polar surface area (TPSA) is 108 Å². The molecule has 3 aliphatic rings. The van der Waals surface area contributed by atoms with E-state index in [2.05, 4.69) is 5.43 Å². The number of benzene rings is 3. The van der Waals surface area contributed by atoms with E-state index in [0.717, 1.165) is 5.01 Å². The number of hydrogen-bond acceptors (Lipinski definition) is 6. The number of quaternary nitrogens is 1. The molecule has 0 radical (unpaired) electrons. The number of aliphatic imine (C=N–C) groups is 1. The third kappa shape index (κ3) is 2.82. The van der Waals surface area contributed by atoms with Crippen LogP contribution in [0.15, 0.2) is 77.8 Å². The van der Waals surface area contributed by atoms with Crippen LogP contribution in [-0.4, -0.2) is 47.4 Å². The normalized spacial score (nSPS) is 26.9. The van der Waals surface area contributed by atoms with Gasteiger partial charge in [-0.1, -0.05) is 48.0 Å². The first-order chi connectivity index (χ1) is 17.2. The number of imide groups is 1. The zero-order chi connectivity index (χ0) is 25.4. The molecule has 10 heteroatoms. The Bertz CT molecular complexity index is 1490. The van der Waals surface area contributed by atoms with Gasteiger partial charge in [-0.15, -0.1) is 0 Å². The van der Waals surface area contributed by atoms with Crippen LogP contribution in [0.4, 0.5) is 21.9 Å².